The van der Waals surface area contributed by atoms with Crippen LogP contribution in [0, 0.1) is 30.1 Å². The predicted octanol–water partition coefficient (Wildman–Crippen LogP) is 4.03. The largest absolute Gasteiger partial charge is 0.347 e. The SMILES string of the molecule is Cc1cc(Br)ccc1NC(=O)CNC(=O)C12CC3CC(CC(C3)C1)C2. The summed E-state index contributed by atoms with van der Waals surface area (Å²) in [7, 11) is 0. The summed E-state index contributed by atoms with van der Waals surface area (Å²) in [4.78, 5) is 25.1. The van der Waals surface area contributed by atoms with E-state index in [9.17, 15) is 9.59 Å². The van der Waals surface area contributed by atoms with E-state index in [1.54, 1.807) is 0 Å². The maximum absolute atomic E-state index is 12.9. The van der Waals surface area contributed by atoms with E-state index in [2.05, 4.69) is 26.6 Å². The number of nitrogens with one attached hydrogen (secondary N) is 2. The highest BCUT2D eigenvalue weighted by atomic mass is 79.9. The van der Waals surface area contributed by atoms with Crippen molar-refractivity contribution in [3.63, 3.8) is 0 Å². The monoisotopic (exact) mass is 404 g/mol. The number of carbonyl (C=O) groups is 2. The van der Waals surface area contributed by atoms with Gasteiger partial charge in [-0.2, -0.15) is 0 Å². The molecule has 1 aromatic rings. The summed E-state index contributed by atoms with van der Waals surface area (Å²) in [5, 5.41) is 5.82. The standard InChI is InChI=1S/C20H25BrN2O2/c1-12-4-16(21)2-3-17(12)23-18(24)11-22-19(25)20-8-13-5-14(9-20)7-15(6-13)10-20/h2-4,13-15H,5-11H2,1H3,(H,22,25)(H,23,24). The third-order valence-corrected chi connectivity index (χ3v) is 6.89. The third kappa shape index (κ3) is 3.35. The summed E-state index contributed by atoms with van der Waals surface area (Å²) in [6, 6.07) is 5.73. The van der Waals surface area contributed by atoms with E-state index >= 15 is 0 Å². The molecule has 0 spiro atoms. The summed E-state index contributed by atoms with van der Waals surface area (Å²) in [5.74, 6) is 2.14. The first kappa shape index (κ1) is 17.1. The van der Waals surface area contributed by atoms with Crippen LogP contribution in [0.2, 0.25) is 0 Å². The molecule has 0 aromatic heterocycles. The minimum atomic E-state index is -0.192. The van der Waals surface area contributed by atoms with Gasteiger partial charge in [0, 0.05) is 15.6 Å². The van der Waals surface area contributed by atoms with Gasteiger partial charge in [0.25, 0.3) is 0 Å². The highest BCUT2D eigenvalue weighted by molar-refractivity contribution is 9.10. The van der Waals surface area contributed by atoms with Gasteiger partial charge in [-0.1, -0.05) is 15.9 Å². The first-order valence-electron chi connectivity index (χ1n) is 9.28. The topological polar surface area (TPSA) is 58.2 Å². The lowest BCUT2D eigenvalue weighted by atomic mass is 9.49. The van der Waals surface area contributed by atoms with E-state index in [1.165, 1.54) is 19.3 Å². The molecule has 4 aliphatic carbocycles. The van der Waals surface area contributed by atoms with Gasteiger partial charge in [-0.15, -0.1) is 0 Å². The van der Waals surface area contributed by atoms with Crippen molar-refractivity contribution in [2.75, 3.05) is 11.9 Å². The molecule has 0 unspecified atom stereocenters. The van der Waals surface area contributed by atoms with E-state index in [0.29, 0.717) is 0 Å². The summed E-state index contributed by atoms with van der Waals surface area (Å²) in [6.45, 7) is 2.00. The van der Waals surface area contributed by atoms with Gasteiger partial charge in [0.05, 0.1) is 6.54 Å². The van der Waals surface area contributed by atoms with Crippen molar-refractivity contribution in [2.24, 2.45) is 23.2 Å². The zero-order valence-electron chi connectivity index (χ0n) is 14.6. The number of hydrogen-bond donors (Lipinski definition) is 2. The molecule has 4 bridgehead atoms. The van der Waals surface area contributed by atoms with Crippen LogP contribution in [0.4, 0.5) is 5.69 Å². The van der Waals surface area contributed by atoms with Crippen LogP contribution in [0.3, 0.4) is 0 Å². The number of benzene rings is 1. The maximum atomic E-state index is 12.9. The predicted molar refractivity (Wildman–Crippen MR) is 101 cm³/mol. The molecule has 134 valence electrons. The Morgan fingerprint density at radius 2 is 1.72 bits per heavy atom. The number of amides is 2. The summed E-state index contributed by atoms with van der Waals surface area (Å²) in [5.41, 5.74) is 1.59. The lowest BCUT2D eigenvalue weighted by Crippen LogP contribution is -2.54. The number of rotatable bonds is 4. The van der Waals surface area contributed by atoms with Crippen LogP contribution >= 0.6 is 15.9 Å². The van der Waals surface area contributed by atoms with Gasteiger partial charge in [-0.05, 0) is 87.0 Å². The average molecular weight is 405 g/mol. The van der Waals surface area contributed by atoms with Crippen molar-refractivity contribution in [1.82, 2.24) is 5.32 Å². The van der Waals surface area contributed by atoms with Crippen molar-refractivity contribution >= 4 is 33.4 Å². The molecule has 2 amide bonds. The van der Waals surface area contributed by atoms with Crippen molar-refractivity contribution < 1.29 is 9.59 Å². The van der Waals surface area contributed by atoms with Crippen LogP contribution in [0.25, 0.3) is 0 Å². The zero-order valence-corrected chi connectivity index (χ0v) is 16.2. The van der Waals surface area contributed by atoms with Gasteiger partial charge in [0.1, 0.15) is 0 Å². The second kappa shape index (κ2) is 6.42. The Hall–Kier alpha value is -1.36. The zero-order chi connectivity index (χ0) is 17.6. The Balaban J connectivity index is 1.35. The second-order valence-corrected chi connectivity index (χ2v) is 9.30. The average Bonchev–Trinajstić information content (AvgIpc) is 2.54. The maximum Gasteiger partial charge on any atom is 0.243 e. The number of aryl methyl sites for hydroxylation is 1. The van der Waals surface area contributed by atoms with Gasteiger partial charge >= 0.3 is 0 Å². The van der Waals surface area contributed by atoms with Gasteiger partial charge in [-0.3, -0.25) is 9.59 Å². The summed E-state index contributed by atoms with van der Waals surface area (Å²) < 4.78 is 0.984. The minimum Gasteiger partial charge on any atom is -0.347 e. The molecule has 0 radical (unpaired) electrons. The fourth-order valence-corrected chi connectivity index (χ4v) is 6.17. The van der Waals surface area contributed by atoms with Crippen molar-refractivity contribution in [3.05, 3.63) is 28.2 Å². The third-order valence-electron chi connectivity index (χ3n) is 6.39. The van der Waals surface area contributed by atoms with E-state index in [-0.39, 0.29) is 23.8 Å². The Bertz CT molecular complexity index is 680. The molecule has 4 fully saturated rings. The van der Waals surface area contributed by atoms with Crippen molar-refractivity contribution in [2.45, 2.75) is 45.4 Å². The van der Waals surface area contributed by atoms with Crippen LogP contribution in [0.15, 0.2) is 22.7 Å². The van der Waals surface area contributed by atoms with E-state index in [4.69, 9.17) is 0 Å². The van der Waals surface area contributed by atoms with E-state index in [0.717, 1.165) is 52.7 Å². The molecule has 2 N–H and O–H groups in total. The molecule has 0 aliphatic heterocycles. The Morgan fingerprint density at radius 1 is 1.12 bits per heavy atom. The van der Waals surface area contributed by atoms with Gasteiger partial charge in [-0.25, -0.2) is 0 Å². The summed E-state index contributed by atoms with van der Waals surface area (Å²) in [6.07, 6.45) is 7.02. The molecule has 0 heterocycles. The van der Waals surface area contributed by atoms with Crippen LogP contribution in [-0.4, -0.2) is 18.4 Å². The molecule has 4 nitrogen and oxygen atoms in total. The second-order valence-electron chi connectivity index (χ2n) is 8.39. The molecule has 5 rings (SSSR count). The fourth-order valence-electron chi connectivity index (χ4n) is 5.70. The Labute approximate surface area is 157 Å². The van der Waals surface area contributed by atoms with Gasteiger partial charge < -0.3 is 10.6 Å². The highest BCUT2D eigenvalue weighted by Crippen LogP contribution is 2.60. The molecule has 1 aromatic carbocycles. The fraction of sp³-hybridized carbons (Fsp3) is 0.600. The number of carbonyl (C=O) groups excluding carboxylic acids is 2. The van der Waals surface area contributed by atoms with Crippen LogP contribution in [-0.2, 0) is 9.59 Å². The first-order chi connectivity index (χ1) is 11.9. The molecule has 5 heteroatoms. The number of anilines is 1. The molecule has 4 aliphatic rings. The lowest BCUT2D eigenvalue weighted by molar-refractivity contribution is -0.146. The molecule has 0 saturated heterocycles. The molecule has 0 atom stereocenters. The Kier molecular flexibility index (Phi) is 4.38. The highest BCUT2D eigenvalue weighted by Gasteiger charge is 2.54. The van der Waals surface area contributed by atoms with Crippen molar-refractivity contribution in [3.8, 4) is 0 Å². The Morgan fingerprint density at radius 3 is 2.28 bits per heavy atom. The molecular formula is C20H25BrN2O2. The quantitative estimate of drug-likeness (QED) is 0.795. The molecule has 25 heavy (non-hydrogen) atoms. The van der Waals surface area contributed by atoms with Crippen LogP contribution in [0.5, 0.6) is 0 Å². The number of halogens is 1. The number of hydrogen-bond acceptors (Lipinski definition) is 2. The van der Waals surface area contributed by atoms with Crippen LogP contribution in [0.1, 0.15) is 44.1 Å². The van der Waals surface area contributed by atoms with Crippen molar-refractivity contribution in [1.29, 1.82) is 0 Å². The van der Waals surface area contributed by atoms with Gasteiger partial charge in [0.15, 0.2) is 0 Å². The lowest BCUT2D eigenvalue weighted by Gasteiger charge is -2.55. The minimum absolute atomic E-state index is 0.0517. The van der Waals surface area contributed by atoms with E-state index < -0.39 is 0 Å². The van der Waals surface area contributed by atoms with Gasteiger partial charge in [0.2, 0.25) is 11.8 Å². The normalized spacial score (nSPS) is 32.5. The molecular weight excluding hydrogens is 380 g/mol. The first-order valence-corrected chi connectivity index (χ1v) is 10.1. The van der Waals surface area contributed by atoms with E-state index in [1.807, 2.05) is 25.1 Å². The van der Waals surface area contributed by atoms with Crippen LogP contribution < -0.4 is 10.6 Å². The smallest absolute Gasteiger partial charge is 0.243 e. The molecule has 4 saturated carbocycles. The summed E-state index contributed by atoms with van der Waals surface area (Å²) >= 11 is 3.42.